The smallest absolute Gasteiger partial charge is 0.218 e. The molecule has 1 aromatic carbocycles. The summed E-state index contributed by atoms with van der Waals surface area (Å²) in [5, 5.41) is 8.10. The Hall–Kier alpha value is -2.50. The van der Waals surface area contributed by atoms with E-state index in [9.17, 15) is 0 Å². The van der Waals surface area contributed by atoms with Crippen LogP contribution in [-0.2, 0) is 6.54 Å². The van der Waals surface area contributed by atoms with Crippen LogP contribution in [0.3, 0.4) is 0 Å². The summed E-state index contributed by atoms with van der Waals surface area (Å²) < 4.78 is 10.1. The highest BCUT2D eigenvalue weighted by Crippen LogP contribution is 2.15. The van der Waals surface area contributed by atoms with Gasteiger partial charge in [-0.1, -0.05) is 12.1 Å². The van der Waals surface area contributed by atoms with Crippen molar-refractivity contribution in [3.8, 4) is 11.6 Å². The molecule has 0 aliphatic carbocycles. The highest BCUT2D eigenvalue weighted by Gasteiger charge is 1.97. The van der Waals surface area contributed by atoms with Gasteiger partial charge < -0.3 is 9.47 Å². The van der Waals surface area contributed by atoms with Crippen molar-refractivity contribution < 1.29 is 9.47 Å². The van der Waals surface area contributed by atoms with Crippen LogP contribution >= 0.6 is 0 Å². The molecule has 0 fully saturated rings. The van der Waals surface area contributed by atoms with Gasteiger partial charge in [0.1, 0.15) is 12.1 Å². The van der Waals surface area contributed by atoms with Gasteiger partial charge in [0, 0.05) is 6.07 Å². The fraction of sp³-hybridized carbons (Fsp3) is 0.231. The molecule has 98 valence electrons. The van der Waals surface area contributed by atoms with Crippen LogP contribution in [0.1, 0.15) is 5.56 Å². The molecule has 0 N–H and O–H groups in total. The Labute approximate surface area is 111 Å². The van der Waals surface area contributed by atoms with Gasteiger partial charge in [-0.25, -0.2) is 9.97 Å². The van der Waals surface area contributed by atoms with Gasteiger partial charge in [0.15, 0.2) is 5.82 Å². The summed E-state index contributed by atoms with van der Waals surface area (Å²) in [5.41, 5.74) is 1.05. The summed E-state index contributed by atoms with van der Waals surface area (Å²) in [6.45, 7) is 0.482. The first kappa shape index (κ1) is 12.9. The van der Waals surface area contributed by atoms with Gasteiger partial charge in [-0.2, -0.15) is 5.11 Å². The first-order chi connectivity index (χ1) is 9.31. The minimum atomic E-state index is 0.466. The maximum Gasteiger partial charge on any atom is 0.218 e. The minimum Gasteiger partial charge on any atom is -0.497 e. The topological polar surface area (TPSA) is 69.0 Å². The second-order valence-corrected chi connectivity index (χ2v) is 3.67. The van der Waals surface area contributed by atoms with Crippen LogP contribution in [0.15, 0.2) is 46.9 Å². The molecule has 0 saturated carbocycles. The van der Waals surface area contributed by atoms with E-state index in [1.54, 1.807) is 20.3 Å². The number of rotatable bonds is 5. The third kappa shape index (κ3) is 3.74. The van der Waals surface area contributed by atoms with Crippen LogP contribution in [0.25, 0.3) is 0 Å². The van der Waals surface area contributed by atoms with Gasteiger partial charge in [-0.15, -0.1) is 5.11 Å². The third-order valence-electron chi connectivity index (χ3n) is 2.42. The average Bonchev–Trinajstić information content (AvgIpc) is 2.48. The number of azo groups is 1. The average molecular weight is 258 g/mol. The maximum absolute atomic E-state index is 5.08. The van der Waals surface area contributed by atoms with Crippen LogP contribution < -0.4 is 9.47 Å². The van der Waals surface area contributed by atoms with E-state index in [0.717, 1.165) is 11.3 Å². The molecule has 0 radical (unpaired) electrons. The Morgan fingerprint density at radius 1 is 1.05 bits per heavy atom. The number of aromatic nitrogens is 2. The van der Waals surface area contributed by atoms with Crippen molar-refractivity contribution in [1.82, 2.24) is 9.97 Å². The lowest BCUT2D eigenvalue weighted by Crippen LogP contribution is -1.87. The van der Waals surface area contributed by atoms with Gasteiger partial charge in [-0.05, 0) is 17.7 Å². The summed E-state index contributed by atoms with van der Waals surface area (Å²) in [4.78, 5) is 7.87. The molecule has 2 aromatic rings. The summed E-state index contributed by atoms with van der Waals surface area (Å²) in [6, 6.07) is 9.28. The van der Waals surface area contributed by atoms with Crippen LogP contribution in [0, 0.1) is 0 Å². The SMILES string of the molecule is COc1ccc(CN=Nc2cc(OC)ncn2)cc1. The Balaban J connectivity index is 1.98. The molecule has 0 aliphatic heterocycles. The van der Waals surface area contributed by atoms with Crippen LogP contribution in [0.2, 0.25) is 0 Å². The van der Waals surface area contributed by atoms with Crippen molar-refractivity contribution in [3.63, 3.8) is 0 Å². The summed E-state index contributed by atoms with van der Waals surface area (Å²) >= 11 is 0. The minimum absolute atomic E-state index is 0.466. The predicted molar refractivity (Wildman–Crippen MR) is 69.8 cm³/mol. The molecule has 0 amide bonds. The highest BCUT2D eigenvalue weighted by atomic mass is 16.5. The number of ether oxygens (including phenoxy) is 2. The van der Waals surface area contributed by atoms with E-state index in [1.807, 2.05) is 24.3 Å². The zero-order valence-corrected chi connectivity index (χ0v) is 10.8. The van der Waals surface area contributed by atoms with Crippen molar-refractivity contribution in [2.45, 2.75) is 6.54 Å². The molecule has 1 aromatic heterocycles. The summed E-state index contributed by atoms with van der Waals surface area (Å²) in [6.07, 6.45) is 1.39. The Morgan fingerprint density at radius 3 is 2.53 bits per heavy atom. The van der Waals surface area contributed by atoms with Gasteiger partial charge >= 0.3 is 0 Å². The van der Waals surface area contributed by atoms with Crippen molar-refractivity contribution in [2.75, 3.05) is 14.2 Å². The zero-order chi connectivity index (χ0) is 13.5. The van der Waals surface area contributed by atoms with Crippen LogP contribution in [0.4, 0.5) is 5.82 Å². The first-order valence-electron chi connectivity index (χ1n) is 5.68. The van der Waals surface area contributed by atoms with Crippen LogP contribution in [0.5, 0.6) is 11.6 Å². The molecule has 0 unspecified atom stereocenters. The normalized spacial score (nSPS) is 10.6. The maximum atomic E-state index is 5.08. The van der Waals surface area contributed by atoms with E-state index in [0.29, 0.717) is 18.2 Å². The second-order valence-electron chi connectivity index (χ2n) is 3.67. The molecule has 0 atom stereocenters. The molecule has 0 aliphatic rings. The molecule has 6 nitrogen and oxygen atoms in total. The van der Waals surface area contributed by atoms with Crippen LogP contribution in [-0.4, -0.2) is 24.2 Å². The van der Waals surface area contributed by atoms with Gasteiger partial charge in [-0.3, -0.25) is 0 Å². The quantitative estimate of drug-likeness (QED) is 0.773. The number of benzene rings is 1. The van der Waals surface area contributed by atoms with Gasteiger partial charge in [0.05, 0.1) is 20.8 Å². The highest BCUT2D eigenvalue weighted by molar-refractivity contribution is 5.30. The third-order valence-corrected chi connectivity index (χ3v) is 2.42. The second kappa shape index (κ2) is 6.44. The lowest BCUT2D eigenvalue weighted by molar-refractivity contribution is 0.397. The fourth-order valence-corrected chi connectivity index (χ4v) is 1.42. The largest absolute Gasteiger partial charge is 0.497 e. The molecular formula is C13H14N4O2. The van der Waals surface area contributed by atoms with E-state index < -0.39 is 0 Å². The standard InChI is InChI=1S/C13H14N4O2/c1-18-11-5-3-10(4-6-11)8-16-17-12-7-13(19-2)15-9-14-12/h3-7,9H,8H2,1-2H3. The molecule has 0 saturated heterocycles. The Kier molecular flexibility index (Phi) is 4.39. The number of hydrogen-bond donors (Lipinski definition) is 0. The first-order valence-corrected chi connectivity index (χ1v) is 5.68. The molecule has 0 spiro atoms. The lowest BCUT2D eigenvalue weighted by atomic mass is 10.2. The summed E-state index contributed by atoms with van der Waals surface area (Å²) in [5.74, 6) is 1.76. The van der Waals surface area contributed by atoms with Crippen molar-refractivity contribution >= 4 is 5.82 Å². The molecule has 0 bridgehead atoms. The van der Waals surface area contributed by atoms with Crippen molar-refractivity contribution in [3.05, 3.63) is 42.2 Å². The molecule has 2 rings (SSSR count). The van der Waals surface area contributed by atoms with Gasteiger partial charge in [0.25, 0.3) is 0 Å². The van der Waals surface area contributed by atoms with E-state index in [2.05, 4.69) is 20.2 Å². The van der Waals surface area contributed by atoms with Gasteiger partial charge in [0.2, 0.25) is 5.88 Å². The number of hydrogen-bond acceptors (Lipinski definition) is 6. The van der Waals surface area contributed by atoms with E-state index in [1.165, 1.54) is 6.33 Å². The van der Waals surface area contributed by atoms with E-state index in [-0.39, 0.29) is 0 Å². The zero-order valence-electron chi connectivity index (χ0n) is 10.8. The Bertz CT molecular complexity index is 555. The predicted octanol–water partition coefficient (Wildman–Crippen LogP) is 2.78. The molecule has 6 heteroatoms. The number of methoxy groups -OCH3 is 2. The molecule has 19 heavy (non-hydrogen) atoms. The van der Waals surface area contributed by atoms with E-state index in [4.69, 9.17) is 9.47 Å². The molecular weight excluding hydrogens is 244 g/mol. The van der Waals surface area contributed by atoms with Crippen molar-refractivity contribution in [2.24, 2.45) is 10.2 Å². The van der Waals surface area contributed by atoms with Crippen molar-refractivity contribution in [1.29, 1.82) is 0 Å². The fourth-order valence-electron chi connectivity index (χ4n) is 1.42. The Morgan fingerprint density at radius 2 is 1.84 bits per heavy atom. The lowest BCUT2D eigenvalue weighted by Gasteiger charge is -2.00. The summed E-state index contributed by atoms with van der Waals surface area (Å²) in [7, 11) is 3.18. The number of nitrogens with zero attached hydrogens (tertiary/aromatic N) is 4. The monoisotopic (exact) mass is 258 g/mol. The van der Waals surface area contributed by atoms with E-state index >= 15 is 0 Å². The molecule has 1 heterocycles.